The van der Waals surface area contributed by atoms with Gasteiger partial charge < -0.3 is 10.1 Å². The van der Waals surface area contributed by atoms with Gasteiger partial charge in [0.2, 0.25) is 5.91 Å². The number of hydrogen-bond donors (Lipinski definition) is 1. The molecule has 1 aromatic carbocycles. The summed E-state index contributed by atoms with van der Waals surface area (Å²) >= 11 is 1.66. The molecule has 2 atom stereocenters. The number of amides is 1. The highest BCUT2D eigenvalue weighted by Gasteiger charge is 2.36. The Hall–Kier alpha value is -1.92. The zero-order valence-corrected chi connectivity index (χ0v) is 19.0. The molecule has 3 aliphatic rings. The SMILES string of the molecule is O=C(N[C@@H](c1nccs1)[C@@H]1CCCN(Cc2cccc(OC3CCCC3)c2)C1)C1CC1. The molecule has 0 bridgehead atoms. The predicted molar refractivity (Wildman–Crippen MR) is 123 cm³/mol. The molecule has 5 nitrogen and oxygen atoms in total. The third kappa shape index (κ3) is 5.47. The summed E-state index contributed by atoms with van der Waals surface area (Å²) in [7, 11) is 0. The van der Waals surface area contributed by atoms with Gasteiger partial charge in [-0.3, -0.25) is 9.69 Å². The van der Waals surface area contributed by atoms with Crippen molar-refractivity contribution in [2.24, 2.45) is 11.8 Å². The molecule has 3 fully saturated rings. The van der Waals surface area contributed by atoms with Crippen LogP contribution < -0.4 is 10.1 Å². The number of likely N-dealkylation sites (tertiary alicyclic amines) is 1. The van der Waals surface area contributed by atoms with Crippen LogP contribution in [0.1, 0.15) is 68.0 Å². The van der Waals surface area contributed by atoms with E-state index in [-0.39, 0.29) is 17.9 Å². The Morgan fingerprint density at radius 1 is 1.19 bits per heavy atom. The number of hydrogen-bond acceptors (Lipinski definition) is 5. The van der Waals surface area contributed by atoms with Gasteiger partial charge >= 0.3 is 0 Å². The molecule has 0 spiro atoms. The van der Waals surface area contributed by atoms with Crippen LogP contribution in [0.15, 0.2) is 35.8 Å². The molecule has 1 aliphatic heterocycles. The second-order valence-electron chi connectivity index (χ2n) is 9.44. The predicted octanol–water partition coefficient (Wildman–Crippen LogP) is 4.94. The van der Waals surface area contributed by atoms with E-state index >= 15 is 0 Å². The molecule has 5 rings (SSSR count). The fraction of sp³-hybridized carbons (Fsp3) is 0.600. The lowest BCUT2D eigenvalue weighted by Crippen LogP contribution is -2.43. The minimum Gasteiger partial charge on any atom is -0.490 e. The highest BCUT2D eigenvalue weighted by molar-refractivity contribution is 7.09. The smallest absolute Gasteiger partial charge is 0.223 e. The Kier molecular flexibility index (Phi) is 6.55. The van der Waals surface area contributed by atoms with Crippen LogP contribution >= 0.6 is 11.3 Å². The topological polar surface area (TPSA) is 54.5 Å². The van der Waals surface area contributed by atoms with Gasteiger partial charge in [0.15, 0.2) is 0 Å². The Morgan fingerprint density at radius 2 is 2.06 bits per heavy atom. The Balaban J connectivity index is 1.23. The maximum absolute atomic E-state index is 12.5. The number of carbonyl (C=O) groups excluding carboxylic acids is 1. The van der Waals surface area contributed by atoms with Gasteiger partial charge in [-0.05, 0) is 81.5 Å². The molecule has 1 saturated heterocycles. The molecule has 166 valence electrons. The first-order valence-corrected chi connectivity index (χ1v) is 12.8. The van der Waals surface area contributed by atoms with Crippen LogP contribution in [-0.4, -0.2) is 35.0 Å². The zero-order chi connectivity index (χ0) is 21.0. The van der Waals surface area contributed by atoms with E-state index in [1.807, 2.05) is 11.6 Å². The molecule has 1 N–H and O–H groups in total. The van der Waals surface area contributed by atoms with Gasteiger partial charge in [-0.1, -0.05) is 12.1 Å². The van der Waals surface area contributed by atoms with Crippen molar-refractivity contribution in [3.8, 4) is 5.75 Å². The number of thiazole rings is 1. The van der Waals surface area contributed by atoms with Gasteiger partial charge in [-0.2, -0.15) is 0 Å². The number of ether oxygens (including phenoxy) is 1. The lowest BCUT2D eigenvalue weighted by molar-refractivity contribution is -0.123. The first-order chi connectivity index (χ1) is 15.2. The third-order valence-corrected chi connectivity index (χ3v) is 7.74. The van der Waals surface area contributed by atoms with Crippen molar-refractivity contribution >= 4 is 17.2 Å². The summed E-state index contributed by atoms with van der Waals surface area (Å²) in [4.78, 5) is 19.6. The van der Waals surface area contributed by atoms with Crippen LogP contribution in [0.2, 0.25) is 0 Å². The molecule has 2 aliphatic carbocycles. The van der Waals surface area contributed by atoms with Crippen molar-refractivity contribution in [2.75, 3.05) is 13.1 Å². The summed E-state index contributed by atoms with van der Waals surface area (Å²) in [5.41, 5.74) is 1.31. The van der Waals surface area contributed by atoms with E-state index in [9.17, 15) is 4.79 Å². The van der Waals surface area contributed by atoms with Crippen molar-refractivity contribution in [3.05, 3.63) is 46.4 Å². The van der Waals surface area contributed by atoms with E-state index in [2.05, 4.69) is 39.5 Å². The summed E-state index contributed by atoms with van der Waals surface area (Å²) < 4.78 is 6.21. The lowest BCUT2D eigenvalue weighted by atomic mass is 9.90. The summed E-state index contributed by atoms with van der Waals surface area (Å²) in [5, 5.41) is 6.41. The number of piperidine rings is 1. The van der Waals surface area contributed by atoms with Crippen LogP contribution in [0.3, 0.4) is 0 Å². The zero-order valence-electron chi connectivity index (χ0n) is 18.2. The van der Waals surface area contributed by atoms with Gasteiger partial charge in [-0.25, -0.2) is 4.98 Å². The van der Waals surface area contributed by atoms with Gasteiger partial charge in [-0.15, -0.1) is 11.3 Å². The van der Waals surface area contributed by atoms with Crippen LogP contribution in [0.25, 0.3) is 0 Å². The van der Waals surface area contributed by atoms with Gasteiger partial charge in [0.05, 0.1) is 12.1 Å². The number of rotatable bonds is 8. The van der Waals surface area contributed by atoms with Crippen LogP contribution in [0.4, 0.5) is 0 Å². The Bertz CT molecular complexity index is 861. The van der Waals surface area contributed by atoms with E-state index in [0.29, 0.717) is 12.0 Å². The minimum absolute atomic E-state index is 0.0351. The van der Waals surface area contributed by atoms with Gasteiger partial charge in [0.1, 0.15) is 10.8 Å². The van der Waals surface area contributed by atoms with Crippen LogP contribution in [-0.2, 0) is 11.3 Å². The van der Waals surface area contributed by atoms with E-state index < -0.39 is 0 Å². The quantitative estimate of drug-likeness (QED) is 0.633. The highest BCUT2D eigenvalue weighted by atomic mass is 32.1. The molecule has 1 aromatic heterocycles. The highest BCUT2D eigenvalue weighted by Crippen LogP contribution is 2.35. The molecule has 2 aromatic rings. The maximum atomic E-state index is 12.5. The minimum atomic E-state index is 0.0351. The largest absolute Gasteiger partial charge is 0.490 e. The van der Waals surface area contributed by atoms with E-state index in [4.69, 9.17) is 4.74 Å². The Labute approximate surface area is 189 Å². The monoisotopic (exact) mass is 439 g/mol. The van der Waals surface area contributed by atoms with Crippen LogP contribution in [0, 0.1) is 11.8 Å². The fourth-order valence-corrected chi connectivity index (χ4v) is 5.85. The van der Waals surface area contributed by atoms with Gasteiger partial charge in [0.25, 0.3) is 0 Å². The van der Waals surface area contributed by atoms with Crippen molar-refractivity contribution in [3.63, 3.8) is 0 Å². The number of benzene rings is 1. The lowest BCUT2D eigenvalue weighted by Gasteiger charge is -2.36. The van der Waals surface area contributed by atoms with Crippen molar-refractivity contribution in [2.45, 2.75) is 70.1 Å². The average molecular weight is 440 g/mol. The molecular weight excluding hydrogens is 406 g/mol. The number of nitrogens with zero attached hydrogens (tertiary/aromatic N) is 2. The second kappa shape index (κ2) is 9.70. The van der Waals surface area contributed by atoms with Crippen molar-refractivity contribution < 1.29 is 9.53 Å². The number of aromatic nitrogens is 1. The summed E-state index contributed by atoms with van der Waals surface area (Å²) in [6, 6.07) is 8.67. The normalized spacial score (nSPS) is 23.5. The van der Waals surface area contributed by atoms with E-state index in [0.717, 1.165) is 56.1 Å². The summed E-state index contributed by atoms with van der Waals surface area (Å²) in [6.07, 6.45) is 11.6. The molecule has 0 unspecified atom stereocenters. The first-order valence-electron chi connectivity index (χ1n) is 11.9. The van der Waals surface area contributed by atoms with E-state index in [1.165, 1.54) is 31.2 Å². The first kappa shape index (κ1) is 21.0. The van der Waals surface area contributed by atoms with E-state index in [1.54, 1.807) is 11.3 Å². The van der Waals surface area contributed by atoms with Gasteiger partial charge in [0, 0.05) is 30.6 Å². The summed E-state index contributed by atoms with van der Waals surface area (Å²) in [6.45, 7) is 3.02. The number of carbonyl (C=O) groups is 1. The third-order valence-electron chi connectivity index (χ3n) is 6.89. The molecule has 1 amide bonds. The van der Waals surface area contributed by atoms with Crippen LogP contribution in [0.5, 0.6) is 5.75 Å². The standard InChI is InChI=1S/C25H33N3O2S/c29-24(19-10-11-19)27-23(25-26-12-14-31-25)20-6-4-13-28(17-20)16-18-5-3-9-22(15-18)30-21-7-1-2-8-21/h3,5,9,12,14-15,19-21,23H,1-2,4,6-8,10-11,13,16-17H2,(H,27,29)/t20-,23-/m1/s1. The molecule has 2 saturated carbocycles. The summed E-state index contributed by atoms with van der Waals surface area (Å²) in [5.74, 6) is 1.86. The Morgan fingerprint density at radius 3 is 2.84 bits per heavy atom. The molecule has 2 heterocycles. The molecule has 0 radical (unpaired) electrons. The van der Waals surface area contributed by atoms with Crippen molar-refractivity contribution in [1.82, 2.24) is 15.2 Å². The molecule has 6 heteroatoms. The average Bonchev–Trinajstić information content (AvgIpc) is 3.25. The second-order valence-corrected chi connectivity index (χ2v) is 10.4. The molecule has 31 heavy (non-hydrogen) atoms. The maximum Gasteiger partial charge on any atom is 0.223 e. The molecular formula is C25H33N3O2S. The van der Waals surface area contributed by atoms with Crippen molar-refractivity contribution in [1.29, 1.82) is 0 Å². The fourth-order valence-electron chi connectivity index (χ4n) is 5.07. The number of nitrogens with one attached hydrogen (secondary N) is 1.